The number of nitrogens with one attached hydrogen (secondary N) is 2. The molecule has 1 heterocycles. The molecule has 0 aliphatic heterocycles. The van der Waals surface area contributed by atoms with Crippen LogP contribution in [-0.2, 0) is 11.8 Å². The molecular formula is C11H20N4O2. The number of ether oxygens (including phenoxy) is 1. The van der Waals surface area contributed by atoms with E-state index < -0.39 is 6.09 Å². The zero-order valence-electron chi connectivity index (χ0n) is 10.8. The Morgan fingerprint density at radius 1 is 1.59 bits per heavy atom. The van der Waals surface area contributed by atoms with E-state index in [9.17, 15) is 4.79 Å². The van der Waals surface area contributed by atoms with E-state index in [1.807, 2.05) is 24.7 Å². The van der Waals surface area contributed by atoms with Crippen molar-refractivity contribution in [3.8, 4) is 0 Å². The Labute approximate surface area is 101 Å². The Morgan fingerprint density at radius 2 is 2.29 bits per heavy atom. The molecule has 1 amide bonds. The molecule has 1 rings (SSSR count). The lowest BCUT2D eigenvalue weighted by molar-refractivity contribution is 0.171. The van der Waals surface area contributed by atoms with E-state index >= 15 is 0 Å². The summed E-state index contributed by atoms with van der Waals surface area (Å²) >= 11 is 0. The number of carbonyl (C=O) groups excluding carboxylic acids is 1. The molecule has 1 atom stereocenters. The fraction of sp³-hybridized carbons (Fsp3) is 0.636. The van der Waals surface area contributed by atoms with Crippen molar-refractivity contribution in [1.29, 1.82) is 0 Å². The third-order valence-electron chi connectivity index (χ3n) is 2.51. The van der Waals surface area contributed by atoms with Crippen LogP contribution in [0.3, 0.4) is 0 Å². The summed E-state index contributed by atoms with van der Waals surface area (Å²) in [4.78, 5) is 10.8. The molecule has 0 aromatic carbocycles. The lowest BCUT2D eigenvalue weighted by Crippen LogP contribution is -2.33. The van der Waals surface area contributed by atoms with Crippen molar-refractivity contribution in [3.05, 3.63) is 17.5 Å². The van der Waals surface area contributed by atoms with Crippen molar-refractivity contribution in [3.63, 3.8) is 0 Å². The molecule has 0 aliphatic rings. The van der Waals surface area contributed by atoms with E-state index in [1.165, 1.54) is 7.11 Å². The van der Waals surface area contributed by atoms with Gasteiger partial charge in [0.05, 0.1) is 18.5 Å². The second-order valence-electron chi connectivity index (χ2n) is 3.93. The molecule has 17 heavy (non-hydrogen) atoms. The number of methoxy groups -OCH3 is 1. The maximum absolute atomic E-state index is 10.8. The molecule has 0 saturated heterocycles. The molecule has 1 unspecified atom stereocenters. The van der Waals surface area contributed by atoms with Crippen LogP contribution in [0.25, 0.3) is 0 Å². The first-order valence-corrected chi connectivity index (χ1v) is 5.60. The number of alkyl carbamates (subject to hydrolysis) is 1. The SMILES string of the molecule is COC(=O)NCCNC(C)c1cc(C)nn1C. The van der Waals surface area contributed by atoms with Crippen molar-refractivity contribution in [2.45, 2.75) is 19.9 Å². The highest BCUT2D eigenvalue weighted by Crippen LogP contribution is 2.11. The van der Waals surface area contributed by atoms with E-state index in [1.54, 1.807) is 0 Å². The molecule has 96 valence electrons. The van der Waals surface area contributed by atoms with Gasteiger partial charge in [-0.2, -0.15) is 5.10 Å². The summed E-state index contributed by atoms with van der Waals surface area (Å²) < 4.78 is 6.33. The van der Waals surface area contributed by atoms with Gasteiger partial charge < -0.3 is 15.4 Å². The number of aromatic nitrogens is 2. The molecule has 0 fully saturated rings. The van der Waals surface area contributed by atoms with Crippen molar-refractivity contribution >= 4 is 6.09 Å². The minimum atomic E-state index is -0.407. The van der Waals surface area contributed by atoms with Crippen LogP contribution < -0.4 is 10.6 Å². The maximum Gasteiger partial charge on any atom is 0.406 e. The molecular weight excluding hydrogens is 220 g/mol. The second-order valence-corrected chi connectivity index (χ2v) is 3.93. The summed E-state index contributed by atoms with van der Waals surface area (Å²) in [7, 11) is 3.27. The Morgan fingerprint density at radius 3 is 2.82 bits per heavy atom. The summed E-state index contributed by atoms with van der Waals surface area (Å²) in [6.07, 6.45) is -0.407. The molecule has 0 bridgehead atoms. The topological polar surface area (TPSA) is 68.2 Å². The fourth-order valence-corrected chi connectivity index (χ4v) is 1.67. The van der Waals surface area contributed by atoms with Crippen molar-refractivity contribution in [1.82, 2.24) is 20.4 Å². The Balaban J connectivity index is 2.32. The molecule has 0 saturated carbocycles. The summed E-state index contributed by atoms with van der Waals surface area (Å²) in [6.45, 7) is 5.25. The van der Waals surface area contributed by atoms with Crippen LogP contribution in [0.2, 0.25) is 0 Å². The minimum Gasteiger partial charge on any atom is -0.453 e. The monoisotopic (exact) mass is 240 g/mol. The first-order chi connectivity index (χ1) is 8.04. The highest BCUT2D eigenvalue weighted by atomic mass is 16.5. The lowest BCUT2D eigenvalue weighted by Gasteiger charge is -2.14. The van der Waals surface area contributed by atoms with Crippen molar-refractivity contribution < 1.29 is 9.53 Å². The molecule has 1 aromatic rings. The number of hydrogen-bond acceptors (Lipinski definition) is 4. The highest BCUT2D eigenvalue weighted by Gasteiger charge is 2.10. The van der Waals surface area contributed by atoms with Gasteiger partial charge in [-0.05, 0) is 19.9 Å². The zero-order chi connectivity index (χ0) is 12.8. The van der Waals surface area contributed by atoms with Gasteiger partial charge in [-0.1, -0.05) is 0 Å². The van der Waals surface area contributed by atoms with E-state index in [2.05, 4.69) is 27.4 Å². The molecule has 0 aliphatic carbocycles. The maximum atomic E-state index is 10.8. The van der Waals surface area contributed by atoms with Crippen LogP contribution in [0.1, 0.15) is 24.4 Å². The minimum absolute atomic E-state index is 0.195. The third-order valence-corrected chi connectivity index (χ3v) is 2.51. The lowest BCUT2D eigenvalue weighted by atomic mass is 10.2. The van der Waals surface area contributed by atoms with Gasteiger partial charge in [-0.3, -0.25) is 4.68 Å². The van der Waals surface area contributed by atoms with Crippen LogP contribution in [0, 0.1) is 6.92 Å². The van der Waals surface area contributed by atoms with Gasteiger partial charge in [0, 0.05) is 26.2 Å². The smallest absolute Gasteiger partial charge is 0.406 e. The van der Waals surface area contributed by atoms with Crippen LogP contribution in [-0.4, -0.2) is 36.1 Å². The van der Waals surface area contributed by atoms with Crippen molar-refractivity contribution in [2.24, 2.45) is 7.05 Å². The molecule has 6 nitrogen and oxygen atoms in total. The van der Waals surface area contributed by atoms with Gasteiger partial charge in [0.15, 0.2) is 0 Å². The third kappa shape index (κ3) is 4.07. The largest absolute Gasteiger partial charge is 0.453 e. The van der Waals surface area contributed by atoms with E-state index in [-0.39, 0.29) is 6.04 Å². The molecule has 2 N–H and O–H groups in total. The predicted octanol–water partition coefficient (Wildman–Crippen LogP) is 0.735. The molecule has 6 heteroatoms. The average Bonchev–Trinajstić information content (AvgIpc) is 2.63. The van der Waals surface area contributed by atoms with Gasteiger partial charge in [-0.25, -0.2) is 4.79 Å². The molecule has 0 radical (unpaired) electrons. The number of aryl methyl sites for hydroxylation is 2. The second kappa shape index (κ2) is 6.24. The predicted molar refractivity (Wildman–Crippen MR) is 64.8 cm³/mol. The Bertz CT molecular complexity index is 376. The number of hydrogen-bond donors (Lipinski definition) is 2. The quantitative estimate of drug-likeness (QED) is 0.745. The first-order valence-electron chi connectivity index (χ1n) is 5.60. The summed E-state index contributed by atoms with van der Waals surface area (Å²) in [6, 6.07) is 2.24. The van der Waals surface area contributed by atoms with Crippen LogP contribution in [0.4, 0.5) is 4.79 Å². The number of carbonyl (C=O) groups is 1. The normalized spacial score (nSPS) is 12.2. The van der Waals surface area contributed by atoms with Crippen LogP contribution in [0.5, 0.6) is 0 Å². The van der Waals surface area contributed by atoms with E-state index in [0.717, 1.165) is 11.4 Å². The standard InChI is InChI=1S/C11H20N4O2/c1-8-7-10(15(3)14-8)9(2)12-5-6-13-11(16)17-4/h7,9,12H,5-6H2,1-4H3,(H,13,16). The van der Waals surface area contributed by atoms with Crippen LogP contribution in [0.15, 0.2) is 6.07 Å². The zero-order valence-corrected chi connectivity index (χ0v) is 10.8. The number of amides is 1. The van der Waals surface area contributed by atoms with Crippen LogP contribution >= 0.6 is 0 Å². The molecule has 1 aromatic heterocycles. The fourth-order valence-electron chi connectivity index (χ4n) is 1.67. The van der Waals surface area contributed by atoms with Gasteiger partial charge in [0.2, 0.25) is 0 Å². The number of nitrogens with zero attached hydrogens (tertiary/aromatic N) is 2. The first kappa shape index (κ1) is 13.5. The number of rotatable bonds is 5. The summed E-state index contributed by atoms with van der Waals surface area (Å²) in [5, 5.41) is 10.2. The van der Waals surface area contributed by atoms with Gasteiger partial charge in [0.1, 0.15) is 0 Å². The van der Waals surface area contributed by atoms with Gasteiger partial charge >= 0.3 is 6.09 Å². The molecule has 0 spiro atoms. The van der Waals surface area contributed by atoms with E-state index in [4.69, 9.17) is 0 Å². The average molecular weight is 240 g/mol. The summed E-state index contributed by atoms with van der Waals surface area (Å²) in [5.74, 6) is 0. The Hall–Kier alpha value is -1.56. The Kier molecular flexibility index (Phi) is 4.96. The summed E-state index contributed by atoms with van der Waals surface area (Å²) in [5.41, 5.74) is 2.13. The van der Waals surface area contributed by atoms with Gasteiger partial charge in [0.25, 0.3) is 0 Å². The van der Waals surface area contributed by atoms with Crippen molar-refractivity contribution in [2.75, 3.05) is 20.2 Å². The van der Waals surface area contributed by atoms with Gasteiger partial charge in [-0.15, -0.1) is 0 Å². The highest BCUT2D eigenvalue weighted by molar-refractivity contribution is 5.66. The van der Waals surface area contributed by atoms with E-state index in [0.29, 0.717) is 13.1 Å².